The smallest absolute Gasteiger partial charge is 0.0714 e. The Morgan fingerprint density at radius 2 is 1.18 bits per heavy atom. The van der Waals surface area contributed by atoms with Crippen molar-refractivity contribution in [2.75, 3.05) is 4.90 Å². The van der Waals surface area contributed by atoms with Crippen LogP contribution in [-0.4, -0.2) is 0 Å². The third-order valence-corrected chi connectivity index (χ3v) is 11.1. The molecule has 49 heavy (non-hydrogen) atoms. The van der Waals surface area contributed by atoms with Crippen LogP contribution in [0.3, 0.4) is 0 Å². The van der Waals surface area contributed by atoms with E-state index in [9.17, 15) is 2.74 Å². The van der Waals surface area contributed by atoms with Gasteiger partial charge in [-0.1, -0.05) is 145 Å². The fourth-order valence-electron chi connectivity index (χ4n) is 7.94. The van der Waals surface area contributed by atoms with E-state index in [1.54, 1.807) is 11.3 Å². The van der Waals surface area contributed by atoms with Gasteiger partial charge in [0.2, 0.25) is 0 Å². The maximum Gasteiger partial charge on any atom is 0.0714 e. The SMILES string of the molecule is [2H]c1c([2H])c([2H])c(C2(c3ccc4c(c3)sc3ccccc34)c3ccccc3-c3cc(N(c4ccccc4)c4cccc5ccccc45)ccc32)c([2H])c1[2H]. The molecule has 1 aromatic heterocycles. The van der Waals surface area contributed by atoms with Crippen LogP contribution >= 0.6 is 11.3 Å². The average molecular weight is 647 g/mol. The Bertz CT molecular complexity index is 2940. The summed E-state index contributed by atoms with van der Waals surface area (Å²) in [5.74, 6) is 0. The summed E-state index contributed by atoms with van der Waals surface area (Å²) < 4.78 is 47.4. The van der Waals surface area contributed by atoms with Crippen LogP contribution in [0.25, 0.3) is 42.1 Å². The Balaban J connectivity index is 1.31. The topological polar surface area (TPSA) is 3.24 Å². The second-order valence-corrected chi connectivity index (χ2v) is 13.6. The molecule has 1 heterocycles. The summed E-state index contributed by atoms with van der Waals surface area (Å²) in [4.78, 5) is 2.28. The number of hydrogen-bond acceptors (Lipinski definition) is 2. The number of fused-ring (bicyclic) bond motifs is 7. The Hall–Kier alpha value is -5.96. The summed E-state index contributed by atoms with van der Waals surface area (Å²) in [6.07, 6.45) is 0. The quantitative estimate of drug-likeness (QED) is 0.180. The van der Waals surface area contributed by atoms with Gasteiger partial charge >= 0.3 is 0 Å². The largest absolute Gasteiger partial charge is 0.310 e. The first-order chi connectivity index (χ1) is 26.4. The monoisotopic (exact) mass is 646 g/mol. The zero-order chi connectivity index (χ0) is 36.7. The summed E-state index contributed by atoms with van der Waals surface area (Å²) in [6, 6.07) is 52.9. The molecule has 0 bridgehead atoms. The molecule has 0 radical (unpaired) electrons. The first-order valence-corrected chi connectivity index (χ1v) is 17.3. The minimum absolute atomic E-state index is 0.203. The Labute approximate surface area is 297 Å². The van der Waals surface area contributed by atoms with Crippen molar-refractivity contribution in [1.29, 1.82) is 0 Å². The van der Waals surface area contributed by atoms with Gasteiger partial charge in [-0.05, 0) is 81.2 Å². The van der Waals surface area contributed by atoms with E-state index in [0.29, 0.717) is 0 Å². The number of anilines is 3. The van der Waals surface area contributed by atoms with Crippen molar-refractivity contribution in [2.24, 2.45) is 0 Å². The van der Waals surface area contributed by atoms with E-state index in [4.69, 9.17) is 4.11 Å². The molecule has 2 heteroatoms. The number of thiophene rings is 1. The van der Waals surface area contributed by atoms with E-state index >= 15 is 0 Å². The molecule has 8 aromatic carbocycles. The van der Waals surface area contributed by atoms with Crippen LogP contribution < -0.4 is 4.90 Å². The number of para-hydroxylation sites is 1. The second kappa shape index (κ2) is 11.1. The van der Waals surface area contributed by atoms with Gasteiger partial charge in [-0.3, -0.25) is 0 Å². The van der Waals surface area contributed by atoms with Gasteiger partial charge in [0.1, 0.15) is 0 Å². The molecule has 1 nitrogen and oxygen atoms in total. The first kappa shape index (κ1) is 23.4. The lowest BCUT2D eigenvalue weighted by Gasteiger charge is -2.34. The van der Waals surface area contributed by atoms with Gasteiger partial charge in [-0.25, -0.2) is 0 Å². The van der Waals surface area contributed by atoms with Gasteiger partial charge in [0, 0.05) is 36.9 Å². The van der Waals surface area contributed by atoms with Crippen LogP contribution in [0.1, 0.15) is 29.1 Å². The lowest BCUT2D eigenvalue weighted by Crippen LogP contribution is -2.28. The summed E-state index contributed by atoms with van der Waals surface area (Å²) in [6.45, 7) is 0. The van der Waals surface area contributed by atoms with Crippen molar-refractivity contribution in [3.8, 4) is 11.1 Å². The minimum Gasteiger partial charge on any atom is -0.310 e. The predicted octanol–water partition coefficient (Wildman–Crippen LogP) is 13.0. The fourth-order valence-corrected chi connectivity index (χ4v) is 9.09. The fraction of sp³-hybridized carbons (Fsp3) is 0.0213. The van der Waals surface area contributed by atoms with Gasteiger partial charge in [-0.2, -0.15) is 0 Å². The Kier molecular flexibility index (Phi) is 5.27. The minimum atomic E-state index is -1.21. The zero-order valence-electron chi connectivity index (χ0n) is 31.4. The highest BCUT2D eigenvalue weighted by molar-refractivity contribution is 7.25. The molecule has 0 fully saturated rings. The van der Waals surface area contributed by atoms with Crippen molar-refractivity contribution in [3.05, 3.63) is 210 Å². The molecule has 0 saturated heterocycles. The summed E-state index contributed by atoms with van der Waals surface area (Å²) in [5.41, 5.74) is 6.56. The van der Waals surface area contributed by atoms with E-state index in [2.05, 4.69) is 126 Å². The number of benzene rings is 8. The molecular weight excluding hydrogens is 611 g/mol. The molecule has 1 unspecified atom stereocenters. The zero-order valence-corrected chi connectivity index (χ0v) is 27.2. The van der Waals surface area contributed by atoms with Gasteiger partial charge in [0.15, 0.2) is 0 Å². The normalized spacial score (nSPS) is 16.4. The van der Waals surface area contributed by atoms with E-state index < -0.39 is 11.5 Å². The number of rotatable bonds is 5. The van der Waals surface area contributed by atoms with E-state index in [-0.39, 0.29) is 29.7 Å². The summed E-state index contributed by atoms with van der Waals surface area (Å²) in [5, 5.41) is 4.56. The van der Waals surface area contributed by atoms with Crippen molar-refractivity contribution in [3.63, 3.8) is 0 Å². The van der Waals surface area contributed by atoms with Crippen molar-refractivity contribution in [1.82, 2.24) is 0 Å². The maximum atomic E-state index is 9.44. The Morgan fingerprint density at radius 1 is 0.469 bits per heavy atom. The van der Waals surface area contributed by atoms with Gasteiger partial charge in [0.05, 0.1) is 18.0 Å². The van der Waals surface area contributed by atoms with E-state index in [1.165, 1.54) is 10.1 Å². The molecule has 0 N–H and O–H groups in total. The van der Waals surface area contributed by atoms with Crippen molar-refractivity contribution >= 4 is 59.3 Å². The lowest BCUT2D eigenvalue weighted by molar-refractivity contribution is 0.770. The molecule has 230 valence electrons. The van der Waals surface area contributed by atoms with Gasteiger partial charge in [0.25, 0.3) is 0 Å². The molecular formula is C47H31NS. The number of hydrogen-bond donors (Lipinski definition) is 0. The molecule has 0 aliphatic heterocycles. The third-order valence-electron chi connectivity index (χ3n) is 10.00. The molecule has 0 amide bonds. The highest BCUT2D eigenvalue weighted by Gasteiger charge is 2.46. The molecule has 0 spiro atoms. The molecule has 9 aromatic rings. The molecule has 10 rings (SSSR count). The molecule has 0 saturated carbocycles. The van der Waals surface area contributed by atoms with E-state index in [0.717, 1.165) is 65.7 Å². The molecule has 1 aliphatic rings. The Morgan fingerprint density at radius 3 is 2.08 bits per heavy atom. The van der Waals surface area contributed by atoms with Crippen molar-refractivity contribution < 1.29 is 6.85 Å². The van der Waals surface area contributed by atoms with E-state index in [1.807, 2.05) is 36.4 Å². The highest BCUT2D eigenvalue weighted by Crippen LogP contribution is 2.58. The van der Waals surface area contributed by atoms with Crippen LogP contribution in [0.4, 0.5) is 17.1 Å². The van der Waals surface area contributed by atoms with Crippen molar-refractivity contribution in [2.45, 2.75) is 5.41 Å². The second-order valence-electron chi connectivity index (χ2n) is 12.5. The van der Waals surface area contributed by atoms with Crippen LogP contribution in [-0.2, 0) is 5.41 Å². The molecule has 1 atom stereocenters. The highest BCUT2D eigenvalue weighted by atomic mass is 32.1. The van der Waals surface area contributed by atoms with Crippen LogP contribution in [0, 0.1) is 0 Å². The van der Waals surface area contributed by atoms with Crippen LogP contribution in [0.15, 0.2) is 188 Å². The summed E-state index contributed by atoms with van der Waals surface area (Å²) >= 11 is 1.71. The standard InChI is InChI=1S/C47H31NS/c1-3-16-33(17-4-1)47(34-26-28-40-39-22-10-12-25-45(39)49-46(40)30-34)42-23-11-9-21-38(42)41-31-36(27-29-43(41)47)48(35-18-5-2-6-19-35)44-24-13-15-32-14-7-8-20-37(32)44/h1-31H/i1D,3D,4D,16D,17D. The lowest BCUT2D eigenvalue weighted by atomic mass is 9.67. The van der Waals surface area contributed by atoms with Gasteiger partial charge in [-0.15, -0.1) is 11.3 Å². The number of nitrogens with zero attached hydrogens (tertiary/aromatic N) is 1. The third kappa shape index (κ3) is 4.18. The predicted molar refractivity (Wildman–Crippen MR) is 209 cm³/mol. The van der Waals surface area contributed by atoms with Crippen LogP contribution in [0.5, 0.6) is 0 Å². The summed E-state index contributed by atoms with van der Waals surface area (Å²) in [7, 11) is 0. The first-order valence-electron chi connectivity index (χ1n) is 18.9. The molecule has 1 aliphatic carbocycles. The maximum absolute atomic E-state index is 9.44. The average Bonchev–Trinajstić information content (AvgIpc) is 3.73. The van der Waals surface area contributed by atoms with Gasteiger partial charge < -0.3 is 4.90 Å². The van der Waals surface area contributed by atoms with Crippen LogP contribution in [0.2, 0.25) is 0 Å².